The van der Waals surface area contributed by atoms with E-state index in [1.54, 1.807) is 6.20 Å². The van der Waals surface area contributed by atoms with E-state index in [-0.39, 0.29) is 0 Å². The van der Waals surface area contributed by atoms with Gasteiger partial charge in [-0.2, -0.15) is 10.1 Å². The average molecular weight is 384 g/mol. The first-order chi connectivity index (χ1) is 11.7. The first kappa shape index (κ1) is 16.4. The van der Waals surface area contributed by atoms with Crippen molar-refractivity contribution >= 4 is 33.4 Å². The molecular formula is C18H18BrN5. The Labute approximate surface area is 149 Å². The third-order valence-corrected chi connectivity index (χ3v) is 4.15. The molecule has 122 valence electrons. The SMILES string of the molecule is Cc1ccc(Nc2nncc(NCCc3ccccc3)n2)c(Br)c1. The minimum absolute atomic E-state index is 0.462. The summed E-state index contributed by atoms with van der Waals surface area (Å²) in [5.74, 6) is 1.16. The molecule has 24 heavy (non-hydrogen) atoms. The molecule has 0 radical (unpaired) electrons. The van der Waals surface area contributed by atoms with Crippen molar-refractivity contribution in [1.82, 2.24) is 15.2 Å². The molecule has 0 saturated heterocycles. The predicted molar refractivity (Wildman–Crippen MR) is 101 cm³/mol. The first-order valence-corrected chi connectivity index (χ1v) is 8.51. The summed E-state index contributed by atoms with van der Waals surface area (Å²) < 4.78 is 0.966. The van der Waals surface area contributed by atoms with Crippen LogP contribution in [0.5, 0.6) is 0 Å². The Morgan fingerprint density at radius 2 is 1.92 bits per heavy atom. The monoisotopic (exact) mass is 383 g/mol. The Hall–Kier alpha value is -2.47. The summed E-state index contributed by atoms with van der Waals surface area (Å²) in [6.07, 6.45) is 2.55. The molecule has 6 heteroatoms. The molecule has 0 saturated carbocycles. The molecule has 0 aliphatic rings. The van der Waals surface area contributed by atoms with Crippen molar-refractivity contribution in [3.63, 3.8) is 0 Å². The lowest BCUT2D eigenvalue weighted by molar-refractivity contribution is 0.950. The van der Waals surface area contributed by atoms with Gasteiger partial charge in [-0.05, 0) is 52.5 Å². The number of hydrogen-bond acceptors (Lipinski definition) is 5. The van der Waals surface area contributed by atoms with Gasteiger partial charge in [0.2, 0.25) is 5.95 Å². The first-order valence-electron chi connectivity index (χ1n) is 7.71. The minimum Gasteiger partial charge on any atom is -0.368 e. The normalized spacial score (nSPS) is 10.4. The number of aromatic nitrogens is 3. The Kier molecular flexibility index (Phi) is 5.38. The van der Waals surface area contributed by atoms with Crippen LogP contribution in [0.3, 0.4) is 0 Å². The molecule has 2 N–H and O–H groups in total. The molecule has 0 aliphatic heterocycles. The minimum atomic E-state index is 0.462. The number of rotatable bonds is 6. The van der Waals surface area contributed by atoms with Gasteiger partial charge in [0.15, 0.2) is 5.82 Å². The lowest BCUT2D eigenvalue weighted by Gasteiger charge is -2.09. The van der Waals surface area contributed by atoms with Gasteiger partial charge in [0.25, 0.3) is 0 Å². The summed E-state index contributed by atoms with van der Waals surface area (Å²) in [4.78, 5) is 4.45. The Balaban J connectivity index is 1.61. The van der Waals surface area contributed by atoms with Gasteiger partial charge in [-0.1, -0.05) is 36.4 Å². The summed E-state index contributed by atoms with van der Waals surface area (Å²) in [7, 11) is 0. The number of anilines is 3. The van der Waals surface area contributed by atoms with Crippen molar-refractivity contribution in [2.24, 2.45) is 0 Å². The van der Waals surface area contributed by atoms with Gasteiger partial charge in [0, 0.05) is 11.0 Å². The van der Waals surface area contributed by atoms with Gasteiger partial charge >= 0.3 is 0 Å². The van der Waals surface area contributed by atoms with Gasteiger partial charge in [0.1, 0.15) is 0 Å². The van der Waals surface area contributed by atoms with Gasteiger partial charge in [-0.25, -0.2) is 0 Å². The standard InChI is InChI=1S/C18H18BrN5/c1-13-7-8-16(15(19)11-13)22-18-23-17(12-21-24-18)20-10-9-14-5-3-2-4-6-14/h2-8,11-12H,9-10H2,1H3,(H2,20,22,23,24). The summed E-state index contributed by atoms with van der Waals surface area (Å²) in [5, 5.41) is 14.5. The van der Waals surface area contributed by atoms with E-state index in [4.69, 9.17) is 0 Å². The number of halogens is 1. The fraction of sp³-hybridized carbons (Fsp3) is 0.167. The van der Waals surface area contributed by atoms with Crippen LogP contribution in [0.4, 0.5) is 17.5 Å². The zero-order valence-electron chi connectivity index (χ0n) is 13.3. The molecule has 0 atom stereocenters. The fourth-order valence-electron chi connectivity index (χ4n) is 2.26. The maximum Gasteiger partial charge on any atom is 0.249 e. The zero-order chi connectivity index (χ0) is 16.8. The predicted octanol–water partition coefficient (Wildman–Crippen LogP) is 4.34. The number of hydrogen-bond donors (Lipinski definition) is 2. The second kappa shape index (κ2) is 7.88. The highest BCUT2D eigenvalue weighted by atomic mass is 79.9. The van der Waals surface area contributed by atoms with Crippen LogP contribution < -0.4 is 10.6 Å². The van der Waals surface area contributed by atoms with Crippen molar-refractivity contribution in [3.8, 4) is 0 Å². The van der Waals surface area contributed by atoms with Crippen molar-refractivity contribution in [3.05, 3.63) is 70.3 Å². The third-order valence-electron chi connectivity index (χ3n) is 3.49. The molecule has 3 rings (SSSR count). The summed E-state index contributed by atoms with van der Waals surface area (Å²) in [6.45, 7) is 2.83. The van der Waals surface area contributed by atoms with E-state index < -0.39 is 0 Å². The summed E-state index contributed by atoms with van der Waals surface area (Å²) >= 11 is 3.54. The van der Waals surface area contributed by atoms with E-state index in [1.807, 2.05) is 43.3 Å². The zero-order valence-corrected chi connectivity index (χ0v) is 14.9. The Morgan fingerprint density at radius 3 is 2.71 bits per heavy atom. The van der Waals surface area contributed by atoms with E-state index in [9.17, 15) is 0 Å². The van der Waals surface area contributed by atoms with Crippen LogP contribution in [0.15, 0.2) is 59.2 Å². The molecule has 1 heterocycles. The second-order valence-corrected chi connectivity index (χ2v) is 6.29. The van der Waals surface area contributed by atoms with Gasteiger partial charge in [-0.15, -0.1) is 5.10 Å². The molecule has 1 aromatic heterocycles. The van der Waals surface area contributed by atoms with Crippen LogP contribution in [-0.2, 0) is 6.42 Å². The smallest absolute Gasteiger partial charge is 0.249 e. The van der Waals surface area contributed by atoms with E-state index in [1.165, 1.54) is 11.1 Å². The lowest BCUT2D eigenvalue weighted by Crippen LogP contribution is -2.08. The number of benzene rings is 2. The van der Waals surface area contributed by atoms with Crippen LogP contribution in [0.25, 0.3) is 0 Å². The maximum absolute atomic E-state index is 4.45. The van der Waals surface area contributed by atoms with Crippen molar-refractivity contribution < 1.29 is 0 Å². The highest BCUT2D eigenvalue weighted by molar-refractivity contribution is 9.10. The van der Waals surface area contributed by atoms with Crippen LogP contribution in [0.1, 0.15) is 11.1 Å². The second-order valence-electron chi connectivity index (χ2n) is 5.44. The van der Waals surface area contributed by atoms with Crippen molar-refractivity contribution in [2.75, 3.05) is 17.2 Å². The molecule has 0 bridgehead atoms. The third kappa shape index (κ3) is 4.52. The summed E-state index contributed by atoms with van der Waals surface area (Å²) in [6, 6.07) is 16.4. The molecule has 0 amide bonds. The van der Waals surface area contributed by atoms with E-state index in [2.05, 4.69) is 53.9 Å². The molecule has 0 fully saturated rings. The molecule has 0 spiro atoms. The molecule has 0 unspecified atom stereocenters. The molecular weight excluding hydrogens is 366 g/mol. The van der Waals surface area contributed by atoms with E-state index in [0.717, 1.165) is 23.1 Å². The Morgan fingerprint density at radius 1 is 1.08 bits per heavy atom. The largest absolute Gasteiger partial charge is 0.368 e. The maximum atomic E-state index is 4.45. The van der Waals surface area contributed by atoms with Crippen LogP contribution in [0.2, 0.25) is 0 Å². The van der Waals surface area contributed by atoms with Gasteiger partial charge in [0.05, 0.1) is 11.9 Å². The van der Waals surface area contributed by atoms with Crippen LogP contribution in [-0.4, -0.2) is 21.7 Å². The van der Waals surface area contributed by atoms with E-state index >= 15 is 0 Å². The fourth-order valence-corrected chi connectivity index (χ4v) is 2.86. The van der Waals surface area contributed by atoms with E-state index in [0.29, 0.717) is 11.8 Å². The van der Waals surface area contributed by atoms with Gasteiger partial charge < -0.3 is 10.6 Å². The van der Waals surface area contributed by atoms with Gasteiger partial charge in [-0.3, -0.25) is 0 Å². The quantitative estimate of drug-likeness (QED) is 0.662. The number of aryl methyl sites for hydroxylation is 1. The molecule has 3 aromatic rings. The average Bonchev–Trinajstić information content (AvgIpc) is 2.59. The topological polar surface area (TPSA) is 62.7 Å². The number of nitrogens with zero attached hydrogens (tertiary/aromatic N) is 3. The lowest BCUT2D eigenvalue weighted by atomic mass is 10.1. The number of nitrogens with one attached hydrogen (secondary N) is 2. The van der Waals surface area contributed by atoms with Crippen molar-refractivity contribution in [1.29, 1.82) is 0 Å². The Bertz CT molecular complexity index is 808. The summed E-state index contributed by atoms with van der Waals surface area (Å²) in [5.41, 5.74) is 3.38. The molecule has 0 aliphatic carbocycles. The van der Waals surface area contributed by atoms with Crippen LogP contribution >= 0.6 is 15.9 Å². The van der Waals surface area contributed by atoms with Crippen LogP contribution in [0, 0.1) is 6.92 Å². The molecule has 2 aromatic carbocycles. The van der Waals surface area contributed by atoms with Crippen molar-refractivity contribution in [2.45, 2.75) is 13.3 Å². The highest BCUT2D eigenvalue weighted by Gasteiger charge is 2.04. The molecule has 5 nitrogen and oxygen atoms in total. The highest BCUT2D eigenvalue weighted by Crippen LogP contribution is 2.25.